The fourth-order valence-electron chi connectivity index (χ4n) is 3.19. The number of benzene rings is 1. The molecule has 2 aliphatic rings. The molecule has 1 aliphatic carbocycles. The molecule has 2 N–H and O–H groups in total. The molecule has 1 aromatic carbocycles. The number of amides is 2. The molecule has 0 bridgehead atoms. The highest BCUT2D eigenvalue weighted by Crippen LogP contribution is 2.41. The number of hydrogen-bond acceptors (Lipinski definition) is 5. The first-order chi connectivity index (χ1) is 12.1. The van der Waals surface area contributed by atoms with Gasteiger partial charge in [-0.1, -0.05) is 12.1 Å². The number of hydrogen-bond donors (Lipinski definition) is 2. The summed E-state index contributed by atoms with van der Waals surface area (Å²) >= 11 is 1.43. The van der Waals surface area contributed by atoms with Crippen LogP contribution in [0.4, 0.5) is 5.13 Å². The third-order valence-electron chi connectivity index (χ3n) is 4.70. The van der Waals surface area contributed by atoms with E-state index in [1.54, 1.807) is 23.1 Å². The summed E-state index contributed by atoms with van der Waals surface area (Å²) in [6.45, 7) is 0.510. The Bertz CT molecular complexity index is 815. The van der Waals surface area contributed by atoms with Crippen LogP contribution in [0.5, 0.6) is 5.75 Å². The minimum absolute atomic E-state index is 0.0624. The number of aromatic nitrogens is 1. The standard InChI is InChI=1S/C18H19N3O3S/c22-15-6-2-1-4-12(15)17(24)21-9-3-5-14(21)16(23)20-18-19-13(10-25-18)11-7-8-11/h1-2,4,6,10-11,14,22H,3,5,7-9H2,(H,19,20,23)/t14-/m0/s1. The van der Waals surface area contributed by atoms with Gasteiger partial charge in [0.05, 0.1) is 11.3 Å². The van der Waals surface area contributed by atoms with Gasteiger partial charge in [-0.15, -0.1) is 11.3 Å². The number of carbonyl (C=O) groups is 2. The zero-order valence-electron chi connectivity index (χ0n) is 13.6. The molecule has 2 aromatic rings. The Kier molecular flexibility index (Phi) is 4.17. The number of phenolic OH excluding ortho intramolecular Hbond substituents is 1. The van der Waals surface area contributed by atoms with Crippen LogP contribution in [0.1, 0.15) is 47.7 Å². The summed E-state index contributed by atoms with van der Waals surface area (Å²) < 4.78 is 0. The van der Waals surface area contributed by atoms with Crippen LogP contribution in [0.25, 0.3) is 0 Å². The topological polar surface area (TPSA) is 82.5 Å². The molecule has 0 spiro atoms. The van der Waals surface area contributed by atoms with E-state index in [-0.39, 0.29) is 23.1 Å². The van der Waals surface area contributed by atoms with Gasteiger partial charge in [0.25, 0.3) is 5.91 Å². The van der Waals surface area contributed by atoms with Crippen molar-refractivity contribution in [3.05, 3.63) is 40.9 Å². The van der Waals surface area contributed by atoms with Crippen LogP contribution in [-0.4, -0.2) is 39.4 Å². The molecular formula is C18H19N3O3S. The second-order valence-electron chi connectivity index (χ2n) is 6.51. The van der Waals surface area contributed by atoms with Crippen LogP contribution >= 0.6 is 11.3 Å². The third kappa shape index (κ3) is 3.24. The summed E-state index contributed by atoms with van der Waals surface area (Å²) in [6.07, 6.45) is 3.72. The van der Waals surface area contributed by atoms with E-state index in [0.717, 1.165) is 12.1 Å². The SMILES string of the molecule is O=C(Nc1nc(C2CC2)cs1)[C@@H]1CCCN1C(=O)c1ccccc1O. The average Bonchev–Trinajstić information content (AvgIpc) is 3.16. The van der Waals surface area contributed by atoms with Crippen molar-refractivity contribution in [2.45, 2.75) is 37.6 Å². The third-order valence-corrected chi connectivity index (χ3v) is 5.47. The van der Waals surface area contributed by atoms with Gasteiger partial charge < -0.3 is 15.3 Å². The highest BCUT2D eigenvalue weighted by Gasteiger charge is 2.36. The Morgan fingerprint density at radius 1 is 1.24 bits per heavy atom. The van der Waals surface area contributed by atoms with Gasteiger partial charge in [0, 0.05) is 17.8 Å². The number of carbonyl (C=O) groups excluding carboxylic acids is 2. The van der Waals surface area contributed by atoms with Gasteiger partial charge in [-0.25, -0.2) is 4.98 Å². The molecule has 7 heteroatoms. The van der Waals surface area contributed by atoms with Crippen molar-refractivity contribution < 1.29 is 14.7 Å². The van der Waals surface area contributed by atoms with Gasteiger partial charge in [0.15, 0.2) is 5.13 Å². The van der Waals surface area contributed by atoms with E-state index in [2.05, 4.69) is 10.3 Å². The van der Waals surface area contributed by atoms with E-state index in [0.29, 0.717) is 24.0 Å². The first-order valence-electron chi connectivity index (χ1n) is 8.49. The maximum atomic E-state index is 12.7. The molecule has 1 saturated heterocycles. The monoisotopic (exact) mass is 357 g/mol. The largest absolute Gasteiger partial charge is 0.507 e. The van der Waals surface area contributed by atoms with Crippen molar-refractivity contribution >= 4 is 28.3 Å². The lowest BCUT2D eigenvalue weighted by atomic mass is 10.1. The van der Waals surface area contributed by atoms with Gasteiger partial charge in [-0.05, 0) is 37.8 Å². The zero-order chi connectivity index (χ0) is 17.4. The lowest BCUT2D eigenvalue weighted by Crippen LogP contribution is -2.43. The first kappa shape index (κ1) is 16.1. The van der Waals surface area contributed by atoms with Gasteiger partial charge >= 0.3 is 0 Å². The van der Waals surface area contributed by atoms with E-state index in [4.69, 9.17) is 0 Å². The van der Waals surface area contributed by atoms with Gasteiger partial charge in [0.2, 0.25) is 5.91 Å². The van der Waals surface area contributed by atoms with Crippen LogP contribution < -0.4 is 5.32 Å². The molecule has 0 unspecified atom stereocenters. The maximum Gasteiger partial charge on any atom is 0.258 e. The predicted octanol–water partition coefficient (Wildman–Crippen LogP) is 2.97. The molecule has 1 aromatic heterocycles. The molecular weight excluding hydrogens is 338 g/mol. The van der Waals surface area contributed by atoms with Crippen molar-refractivity contribution in [1.29, 1.82) is 0 Å². The number of phenols is 1. The van der Waals surface area contributed by atoms with Crippen LogP contribution in [0.3, 0.4) is 0 Å². The molecule has 2 fully saturated rings. The Hall–Kier alpha value is -2.41. The minimum Gasteiger partial charge on any atom is -0.507 e. The lowest BCUT2D eigenvalue weighted by Gasteiger charge is -2.23. The maximum absolute atomic E-state index is 12.7. The molecule has 4 rings (SSSR count). The van der Waals surface area contributed by atoms with Crippen LogP contribution in [0, 0.1) is 0 Å². The highest BCUT2D eigenvalue weighted by molar-refractivity contribution is 7.13. The average molecular weight is 357 g/mol. The first-order valence-corrected chi connectivity index (χ1v) is 9.36. The van der Waals surface area contributed by atoms with Crippen molar-refractivity contribution in [2.75, 3.05) is 11.9 Å². The van der Waals surface area contributed by atoms with Gasteiger partial charge in [-0.3, -0.25) is 9.59 Å². The predicted molar refractivity (Wildman–Crippen MR) is 94.9 cm³/mol. The van der Waals surface area contributed by atoms with Gasteiger partial charge in [-0.2, -0.15) is 0 Å². The van der Waals surface area contributed by atoms with Crippen molar-refractivity contribution in [2.24, 2.45) is 0 Å². The Morgan fingerprint density at radius 3 is 2.80 bits per heavy atom. The minimum atomic E-state index is -0.527. The quantitative estimate of drug-likeness (QED) is 0.881. The molecule has 2 heterocycles. The van der Waals surface area contributed by atoms with Gasteiger partial charge in [0.1, 0.15) is 11.8 Å². The number of thiazole rings is 1. The molecule has 25 heavy (non-hydrogen) atoms. The lowest BCUT2D eigenvalue weighted by molar-refractivity contribution is -0.119. The summed E-state index contributed by atoms with van der Waals surface area (Å²) in [6, 6.07) is 5.90. The summed E-state index contributed by atoms with van der Waals surface area (Å²) in [5.74, 6) is -0.0356. The Morgan fingerprint density at radius 2 is 2.04 bits per heavy atom. The molecule has 1 atom stereocenters. The number of aromatic hydroxyl groups is 1. The second kappa shape index (κ2) is 6.48. The number of rotatable bonds is 4. The Balaban J connectivity index is 1.47. The molecule has 6 nitrogen and oxygen atoms in total. The summed E-state index contributed by atoms with van der Waals surface area (Å²) in [5, 5.41) is 15.3. The van der Waals surface area contributed by atoms with E-state index in [1.165, 1.54) is 30.2 Å². The van der Waals surface area contributed by atoms with Crippen molar-refractivity contribution in [3.8, 4) is 5.75 Å². The van der Waals surface area contributed by atoms with Crippen molar-refractivity contribution in [1.82, 2.24) is 9.88 Å². The van der Waals surface area contributed by atoms with Crippen LogP contribution in [0.2, 0.25) is 0 Å². The van der Waals surface area contributed by atoms with E-state index < -0.39 is 6.04 Å². The number of para-hydroxylation sites is 1. The number of nitrogens with one attached hydrogen (secondary N) is 1. The van der Waals surface area contributed by atoms with E-state index in [1.807, 2.05) is 5.38 Å². The van der Waals surface area contributed by atoms with Crippen LogP contribution in [0.15, 0.2) is 29.6 Å². The number of likely N-dealkylation sites (tertiary alicyclic amines) is 1. The summed E-state index contributed by atoms with van der Waals surface area (Å²) in [7, 11) is 0. The van der Waals surface area contributed by atoms with E-state index >= 15 is 0 Å². The number of anilines is 1. The highest BCUT2D eigenvalue weighted by atomic mass is 32.1. The van der Waals surface area contributed by atoms with Crippen LogP contribution in [-0.2, 0) is 4.79 Å². The molecule has 130 valence electrons. The Labute approximate surface area is 149 Å². The normalized spacial score (nSPS) is 19.8. The molecule has 2 amide bonds. The molecule has 0 radical (unpaired) electrons. The fourth-order valence-corrected chi connectivity index (χ4v) is 3.99. The number of nitrogens with zero attached hydrogens (tertiary/aromatic N) is 2. The fraction of sp³-hybridized carbons (Fsp3) is 0.389. The van der Waals surface area contributed by atoms with Crippen molar-refractivity contribution in [3.63, 3.8) is 0 Å². The second-order valence-corrected chi connectivity index (χ2v) is 7.37. The van der Waals surface area contributed by atoms with E-state index in [9.17, 15) is 14.7 Å². The molecule has 1 aliphatic heterocycles. The molecule has 1 saturated carbocycles. The summed E-state index contributed by atoms with van der Waals surface area (Å²) in [4.78, 5) is 31.4. The zero-order valence-corrected chi connectivity index (χ0v) is 14.5. The summed E-state index contributed by atoms with van der Waals surface area (Å²) in [5.41, 5.74) is 1.28. The smallest absolute Gasteiger partial charge is 0.258 e.